The van der Waals surface area contributed by atoms with Crippen LogP contribution in [0.2, 0.25) is 5.02 Å². The van der Waals surface area contributed by atoms with Crippen LogP contribution in [-0.2, 0) is 16.1 Å². The van der Waals surface area contributed by atoms with Gasteiger partial charge in [-0.3, -0.25) is 0 Å². The minimum Gasteiger partial charge on any atom is -0.490 e. The van der Waals surface area contributed by atoms with Gasteiger partial charge in [0.1, 0.15) is 19.0 Å². The number of fused-ring (bicyclic) bond motifs is 1. The summed E-state index contributed by atoms with van der Waals surface area (Å²) in [6.45, 7) is 6.78. The Morgan fingerprint density at radius 2 is 1.97 bits per heavy atom. The van der Waals surface area contributed by atoms with Crippen molar-refractivity contribution in [1.82, 2.24) is 14.8 Å². The van der Waals surface area contributed by atoms with E-state index < -0.39 is 12.0 Å². The molecular formula is C25H27ClN4O4. The fourth-order valence-electron chi connectivity index (χ4n) is 3.79. The molecule has 0 amide bonds. The average Bonchev–Trinajstić information content (AvgIpc) is 3.30. The van der Waals surface area contributed by atoms with E-state index in [0.29, 0.717) is 53.6 Å². The van der Waals surface area contributed by atoms with Crippen LogP contribution in [0.3, 0.4) is 0 Å². The zero-order chi connectivity index (χ0) is 24.1. The number of nitrogens with zero attached hydrogens (tertiary/aromatic N) is 3. The average molecular weight is 483 g/mol. The van der Waals surface area contributed by atoms with Crippen LogP contribution in [0.15, 0.2) is 60.1 Å². The Labute approximate surface area is 203 Å². The number of ether oxygens (including phenoxy) is 3. The lowest BCUT2D eigenvalue weighted by Crippen LogP contribution is -2.29. The number of anilines is 1. The van der Waals surface area contributed by atoms with Gasteiger partial charge in [0.15, 0.2) is 11.5 Å². The van der Waals surface area contributed by atoms with Gasteiger partial charge in [-0.1, -0.05) is 42.8 Å². The fraction of sp³-hybridized carbons (Fsp3) is 0.320. The maximum absolute atomic E-state index is 13.0. The zero-order valence-corrected chi connectivity index (χ0v) is 20.1. The number of hydrogen-bond donors (Lipinski definition) is 1. The van der Waals surface area contributed by atoms with E-state index in [0.717, 1.165) is 17.5 Å². The van der Waals surface area contributed by atoms with E-state index in [2.05, 4.69) is 15.4 Å². The monoisotopic (exact) mass is 482 g/mol. The molecule has 178 valence electrons. The van der Waals surface area contributed by atoms with Crippen LogP contribution in [-0.4, -0.2) is 33.9 Å². The Kier molecular flexibility index (Phi) is 7.37. The molecule has 0 spiro atoms. The van der Waals surface area contributed by atoms with Gasteiger partial charge in [0.25, 0.3) is 0 Å². The first kappa shape index (κ1) is 23.6. The Morgan fingerprint density at radius 3 is 2.74 bits per heavy atom. The summed E-state index contributed by atoms with van der Waals surface area (Å²) in [4.78, 5) is 17.3. The van der Waals surface area contributed by atoms with Gasteiger partial charge in [-0.25, -0.2) is 9.48 Å². The van der Waals surface area contributed by atoms with Gasteiger partial charge in [0, 0.05) is 16.3 Å². The number of rotatable bonds is 9. The van der Waals surface area contributed by atoms with Gasteiger partial charge in [-0.05, 0) is 44.0 Å². The molecule has 0 radical (unpaired) electrons. The Hall–Kier alpha value is -3.52. The molecule has 1 atom stereocenters. The Bertz CT molecular complexity index is 1210. The molecule has 3 aromatic rings. The second-order valence-corrected chi connectivity index (χ2v) is 8.16. The van der Waals surface area contributed by atoms with Crippen molar-refractivity contribution in [3.63, 3.8) is 0 Å². The molecule has 0 saturated heterocycles. The second-order valence-electron chi connectivity index (χ2n) is 7.75. The van der Waals surface area contributed by atoms with Crippen LogP contribution in [0.4, 0.5) is 5.95 Å². The van der Waals surface area contributed by atoms with Crippen LogP contribution in [0, 0.1) is 0 Å². The van der Waals surface area contributed by atoms with Crippen LogP contribution in [0.25, 0.3) is 0 Å². The highest BCUT2D eigenvalue weighted by Crippen LogP contribution is 2.39. The largest absolute Gasteiger partial charge is 0.490 e. The Morgan fingerprint density at radius 1 is 1.15 bits per heavy atom. The van der Waals surface area contributed by atoms with E-state index in [1.807, 2.05) is 63.2 Å². The molecule has 0 bridgehead atoms. The Balaban J connectivity index is 1.69. The molecule has 1 aliphatic heterocycles. The van der Waals surface area contributed by atoms with Crippen molar-refractivity contribution in [2.75, 3.05) is 18.5 Å². The lowest BCUT2D eigenvalue weighted by atomic mass is 9.95. The van der Waals surface area contributed by atoms with Crippen molar-refractivity contribution >= 4 is 23.5 Å². The summed E-state index contributed by atoms with van der Waals surface area (Å²) in [5, 5.41) is 8.14. The molecule has 2 aromatic carbocycles. The van der Waals surface area contributed by atoms with E-state index in [1.54, 1.807) is 4.68 Å². The molecule has 0 fully saturated rings. The van der Waals surface area contributed by atoms with Crippen molar-refractivity contribution in [2.24, 2.45) is 0 Å². The van der Waals surface area contributed by atoms with Crippen molar-refractivity contribution in [3.8, 4) is 11.5 Å². The predicted molar refractivity (Wildman–Crippen MR) is 129 cm³/mol. The topological polar surface area (TPSA) is 87.5 Å². The quantitative estimate of drug-likeness (QED) is 0.422. The zero-order valence-electron chi connectivity index (χ0n) is 19.4. The summed E-state index contributed by atoms with van der Waals surface area (Å²) in [6, 6.07) is 12.6. The minimum absolute atomic E-state index is 0.299. The van der Waals surface area contributed by atoms with Crippen LogP contribution in [0.1, 0.15) is 44.4 Å². The minimum atomic E-state index is -0.528. The first-order valence-corrected chi connectivity index (χ1v) is 11.6. The van der Waals surface area contributed by atoms with Crippen molar-refractivity contribution in [2.45, 2.75) is 39.8 Å². The van der Waals surface area contributed by atoms with E-state index in [4.69, 9.17) is 25.8 Å². The molecule has 8 nitrogen and oxygen atoms in total. The molecule has 0 saturated carbocycles. The first-order valence-electron chi connectivity index (χ1n) is 11.2. The van der Waals surface area contributed by atoms with E-state index in [1.165, 1.54) is 6.33 Å². The number of nitrogens with one attached hydrogen (secondary N) is 1. The first-order chi connectivity index (χ1) is 16.5. The van der Waals surface area contributed by atoms with Gasteiger partial charge in [-0.2, -0.15) is 10.1 Å². The molecule has 1 N–H and O–H groups in total. The maximum Gasteiger partial charge on any atom is 0.338 e. The van der Waals surface area contributed by atoms with Crippen LogP contribution in [0.5, 0.6) is 11.5 Å². The molecule has 34 heavy (non-hydrogen) atoms. The normalized spacial score (nSPS) is 14.9. The van der Waals surface area contributed by atoms with E-state index in [9.17, 15) is 4.79 Å². The summed E-state index contributed by atoms with van der Waals surface area (Å²) in [5.74, 6) is 1.29. The molecule has 0 aliphatic carbocycles. The molecule has 1 aliphatic rings. The standard InChI is InChI=1S/C25H27ClN4O4/c1-4-12-33-24(31)22-16(3)29-25-27-15-28-30(25)23(22)17-10-11-20(21(13-17)32-5-2)34-14-18-8-6-7-9-19(18)26/h6-11,13,15,23H,4-5,12,14H2,1-3H3,(H,27,28,29). The van der Waals surface area contributed by atoms with Crippen molar-refractivity contribution in [3.05, 3.63) is 76.2 Å². The number of benzene rings is 2. The second kappa shape index (κ2) is 10.6. The maximum atomic E-state index is 13.0. The van der Waals surface area contributed by atoms with E-state index >= 15 is 0 Å². The van der Waals surface area contributed by atoms with Gasteiger partial charge in [0.2, 0.25) is 5.95 Å². The number of aromatic nitrogens is 3. The predicted octanol–water partition coefficient (Wildman–Crippen LogP) is 5.15. The highest BCUT2D eigenvalue weighted by Gasteiger charge is 2.34. The summed E-state index contributed by atoms with van der Waals surface area (Å²) in [7, 11) is 0. The third-order valence-electron chi connectivity index (χ3n) is 5.38. The fourth-order valence-corrected chi connectivity index (χ4v) is 3.98. The SMILES string of the molecule is CCCOC(=O)C1=C(C)Nc2ncnn2C1c1ccc(OCc2ccccc2Cl)c(OCC)c1. The van der Waals surface area contributed by atoms with Gasteiger partial charge < -0.3 is 19.5 Å². The number of hydrogen-bond acceptors (Lipinski definition) is 7. The molecule has 2 heterocycles. The molecular weight excluding hydrogens is 456 g/mol. The number of carbonyl (C=O) groups excluding carboxylic acids is 1. The van der Waals surface area contributed by atoms with Crippen molar-refractivity contribution < 1.29 is 19.0 Å². The third kappa shape index (κ3) is 4.87. The summed E-state index contributed by atoms with van der Waals surface area (Å²) in [6.07, 6.45) is 2.18. The lowest BCUT2D eigenvalue weighted by Gasteiger charge is -2.28. The number of halogens is 1. The van der Waals surface area contributed by atoms with Gasteiger partial charge in [-0.15, -0.1) is 0 Å². The number of allylic oxidation sites excluding steroid dienone is 1. The summed E-state index contributed by atoms with van der Waals surface area (Å²) < 4.78 is 19.1. The molecule has 1 aromatic heterocycles. The van der Waals surface area contributed by atoms with E-state index in [-0.39, 0.29) is 0 Å². The summed E-state index contributed by atoms with van der Waals surface area (Å²) >= 11 is 6.27. The third-order valence-corrected chi connectivity index (χ3v) is 5.74. The highest BCUT2D eigenvalue weighted by atomic mass is 35.5. The lowest BCUT2D eigenvalue weighted by molar-refractivity contribution is -0.139. The van der Waals surface area contributed by atoms with Crippen LogP contribution < -0.4 is 14.8 Å². The van der Waals surface area contributed by atoms with Crippen LogP contribution >= 0.6 is 11.6 Å². The highest BCUT2D eigenvalue weighted by molar-refractivity contribution is 6.31. The smallest absolute Gasteiger partial charge is 0.338 e. The van der Waals surface area contributed by atoms with Gasteiger partial charge in [0.05, 0.1) is 18.8 Å². The van der Waals surface area contributed by atoms with Gasteiger partial charge >= 0.3 is 5.97 Å². The summed E-state index contributed by atoms with van der Waals surface area (Å²) in [5.41, 5.74) is 2.81. The molecule has 9 heteroatoms. The molecule has 1 unspecified atom stereocenters. The molecule has 4 rings (SSSR count). The number of esters is 1. The van der Waals surface area contributed by atoms with Crippen molar-refractivity contribution in [1.29, 1.82) is 0 Å². The number of carbonyl (C=O) groups is 1.